The van der Waals surface area contributed by atoms with Crippen LogP contribution in [0.5, 0.6) is 0 Å². The Labute approximate surface area is 143 Å². The van der Waals surface area contributed by atoms with Gasteiger partial charge in [0.05, 0.1) is 6.26 Å². The highest BCUT2D eigenvalue weighted by atomic mass is 32.2. The van der Waals surface area contributed by atoms with E-state index in [0.29, 0.717) is 22.5 Å². The number of Topliss-reactive ketones (excluding diaryl/α,β-unsaturated/α-hetero) is 1. The molecule has 0 bridgehead atoms. The van der Waals surface area contributed by atoms with Gasteiger partial charge in [0, 0.05) is 16.1 Å². The molecule has 0 fully saturated rings. The number of amides is 1. The number of sulfonamides is 1. The number of nitrogens with one attached hydrogen (secondary N) is 2. The molecule has 6 nitrogen and oxygen atoms in total. The number of carbonyl (C=O) groups is 2. The third-order valence-corrected chi connectivity index (χ3v) is 5.24. The van der Waals surface area contributed by atoms with Gasteiger partial charge in [0.2, 0.25) is 22.2 Å². The van der Waals surface area contributed by atoms with Crippen LogP contribution in [-0.2, 0) is 19.7 Å². The summed E-state index contributed by atoms with van der Waals surface area (Å²) >= 11 is 5.66. The molecule has 0 saturated heterocycles. The fraction of sp³-hybridized carbons (Fsp3) is 0.143. The van der Waals surface area contributed by atoms with Crippen LogP contribution in [0.25, 0.3) is 0 Å². The third kappa shape index (κ3) is 4.12. The van der Waals surface area contributed by atoms with Gasteiger partial charge < -0.3 is 5.32 Å². The van der Waals surface area contributed by atoms with Crippen molar-refractivity contribution < 1.29 is 18.0 Å². The Morgan fingerprint density at radius 1 is 1.26 bits per heavy atom. The van der Waals surface area contributed by atoms with E-state index in [2.05, 4.69) is 22.7 Å². The van der Waals surface area contributed by atoms with E-state index in [-0.39, 0.29) is 0 Å². The smallest absolute Gasteiger partial charge is 0.229 e. The van der Waals surface area contributed by atoms with Crippen molar-refractivity contribution in [3.05, 3.63) is 52.2 Å². The van der Waals surface area contributed by atoms with Gasteiger partial charge in [-0.2, -0.15) is 0 Å². The monoisotopic (exact) mass is 370 g/mol. The Kier molecular flexibility index (Phi) is 5.12. The molecule has 2 aromatic rings. The molecule has 0 aliphatic carbocycles. The van der Waals surface area contributed by atoms with E-state index in [1.807, 2.05) is 0 Å². The maximum Gasteiger partial charge on any atom is 0.229 e. The lowest BCUT2D eigenvalue weighted by molar-refractivity contribution is -0.110. The summed E-state index contributed by atoms with van der Waals surface area (Å²) in [6.45, 7) is 0. The number of rotatable bonds is 7. The molecule has 1 heterocycles. The zero-order valence-electron chi connectivity index (χ0n) is 12.0. The Balaban J connectivity index is 2.32. The van der Waals surface area contributed by atoms with Crippen molar-refractivity contribution in [3.8, 4) is 0 Å². The molecule has 2 N–H and O–H groups in total. The number of carbonyl (C=O) groups excluding carboxylic acids is 2. The Morgan fingerprint density at radius 2 is 1.91 bits per heavy atom. The molecule has 1 amide bonds. The fourth-order valence-electron chi connectivity index (χ4n) is 1.93. The van der Waals surface area contributed by atoms with Crippen molar-refractivity contribution in [2.45, 2.75) is 4.87 Å². The highest BCUT2D eigenvalue weighted by Crippen LogP contribution is 2.33. The summed E-state index contributed by atoms with van der Waals surface area (Å²) in [4.78, 5) is 22.7. The van der Waals surface area contributed by atoms with Crippen LogP contribution < -0.4 is 10.0 Å². The predicted octanol–water partition coefficient (Wildman–Crippen LogP) is 1.83. The summed E-state index contributed by atoms with van der Waals surface area (Å²) in [7, 11) is -3.39. The lowest BCUT2D eigenvalue weighted by Crippen LogP contribution is -2.43. The van der Waals surface area contributed by atoms with Gasteiger partial charge in [-0.05, 0) is 35.7 Å². The van der Waals surface area contributed by atoms with Crippen molar-refractivity contribution in [1.29, 1.82) is 0 Å². The Bertz CT molecular complexity index is 801. The lowest BCUT2D eigenvalue weighted by atomic mass is 10.0. The van der Waals surface area contributed by atoms with E-state index >= 15 is 0 Å². The number of thiol groups is 1. The number of benzene rings is 1. The van der Waals surface area contributed by atoms with Gasteiger partial charge in [0.25, 0.3) is 0 Å². The predicted molar refractivity (Wildman–Crippen MR) is 93.4 cm³/mol. The lowest BCUT2D eigenvalue weighted by Gasteiger charge is -2.25. The maximum atomic E-state index is 12.7. The standard InChI is InChI=1S/C14H14N2O4S3/c1-23(19,20)16-11-6-4-10(5-7-11)13(18)14(21,15-9-17)12-3-2-8-22-12/h2-9,16,21H,1H3,(H,15,17). The van der Waals surface area contributed by atoms with Crippen LogP contribution in [0.2, 0.25) is 0 Å². The first-order chi connectivity index (χ1) is 10.8. The molecule has 23 heavy (non-hydrogen) atoms. The molecule has 1 unspecified atom stereocenters. The summed E-state index contributed by atoms with van der Waals surface area (Å²) in [5, 5.41) is 4.22. The van der Waals surface area contributed by atoms with Crippen LogP contribution in [0, 0.1) is 0 Å². The number of hydrogen-bond donors (Lipinski definition) is 3. The molecule has 0 spiro atoms. The summed E-state index contributed by atoms with van der Waals surface area (Å²) in [5.41, 5.74) is 0.634. The maximum absolute atomic E-state index is 12.7. The second kappa shape index (κ2) is 6.73. The minimum Gasteiger partial charge on any atom is -0.333 e. The van der Waals surface area contributed by atoms with Gasteiger partial charge in [-0.3, -0.25) is 14.3 Å². The minimum atomic E-state index is -3.39. The molecule has 0 radical (unpaired) electrons. The molecule has 0 aliphatic rings. The van der Waals surface area contributed by atoms with E-state index in [9.17, 15) is 18.0 Å². The SMILES string of the molecule is CS(=O)(=O)Nc1ccc(C(=O)C(S)(NC=O)c2cccs2)cc1. The molecule has 1 atom stereocenters. The summed E-state index contributed by atoms with van der Waals surface area (Å²) in [5.74, 6) is -0.415. The van der Waals surface area contributed by atoms with Crippen molar-refractivity contribution in [3.63, 3.8) is 0 Å². The first kappa shape index (κ1) is 17.5. The van der Waals surface area contributed by atoms with Crippen LogP contribution in [0.4, 0.5) is 5.69 Å². The largest absolute Gasteiger partial charge is 0.333 e. The van der Waals surface area contributed by atoms with Gasteiger partial charge in [0.15, 0.2) is 4.87 Å². The molecule has 2 rings (SSSR count). The number of thiophene rings is 1. The van der Waals surface area contributed by atoms with E-state index in [1.165, 1.54) is 35.6 Å². The van der Waals surface area contributed by atoms with Gasteiger partial charge >= 0.3 is 0 Å². The van der Waals surface area contributed by atoms with Gasteiger partial charge in [-0.15, -0.1) is 24.0 Å². The molecule has 1 aromatic carbocycles. The highest BCUT2D eigenvalue weighted by Gasteiger charge is 2.37. The molecule has 0 aliphatic heterocycles. The molecule has 0 saturated carbocycles. The number of anilines is 1. The van der Waals surface area contributed by atoms with E-state index in [1.54, 1.807) is 17.5 Å². The van der Waals surface area contributed by atoms with Gasteiger partial charge in [0.1, 0.15) is 0 Å². The van der Waals surface area contributed by atoms with E-state index < -0.39 is 20.7 Å². The average Bonchev–Trinajstić information content (AvgIpc) is 3.00. The minimum absolute atomic E-state index is 0.293. The molecule has 122 valence electrons. The zero-order chi connectivity index (χ0) is 17.1. The third-order valence-electron chi connectivity index (χ3n) is 2.92. The van der Waals surface area contributed by atoms with Crippen LogP contribution in [0.15, 0.2) is 41.8 Å². The normalized spacial score (nSPS) is 13.8. The summed E-state index contributed by atoms with van der Waals surface area (Å²) < 4.78 is 24.7. The van der Waals surface area contributed by atoms with Gasteiger partial charge in [-0.25, -0.2) is 8.42 Å². The molecular weight excluding hydrogens is 356 g/mol. The topological polar surface area (TPSA) is 92.3 Å². The van der Waals surface area contributed by atoms with Crippen molar-refractivity contribution in [2.24, 2.45) is 0 Å². The Morgan fingerprint density at radius 3 is 2.39 bits per heavy atom. The average molecular weight is 370 g/mol. The van der Waals surface area contributed by atoms with E-state index in [4.69, 9.17) is 0 Å². The van der Waals surface area contributed by atoms with Crippen LogP contribution in [0.3, 0.4) is 0 Å². The van der Waals surface area contributed by atoms with Crippen LogP contribution in [-0.4, -0.2) is 26.9 Å². The Hall–Kier alpha value is -1.84. The first-order valence-electron chi connectivity index (χ1n) is 6.36. The van der Waals surface area contributed by atoms with Crippen LogP contribution >= 0.6 is 24.0 Å². The zero-order valence-corrected chi connectivity index (χ0v) is 14.5. The van der Waals surface area contributed by atoms with Crippen LogP contribution in [0.1, 0.15) is 15.2 Å². The second-order valence-electron chi connectivity index (χ2n) is 4.73. The van der Waals surface area contributed by atoms with Crippen molar-refractivity contribution >= 4 is 51.9 Å². The summed E-state index contributed by atoms with van der Waals surface area (Å²) in [6, 6.07) is 9.34. The van der Waals surface area contributed by atoms with E-state index in [0.717, 1.165) is 6.26 Å². The quantitative estimate of drug-likeness (QED) is 0.300. The highest BCUT2D eigenvalue weighted by molar-refractivity contribution is 7.92. The van der Waals surface area contributed by atoms with Gasteiger partial charge in [-0.1, -0.05) is 6.07 Å². The molecule has 9 heteroatoms. The number of hydrogen-bond acceptors (Lipinski definition) is 6. The molecular formula is C14H14N2O4S3. The first-order valence-corrected chi connectivity index (χ1v) is 9.58. The summed E-state index contributed by atoms with van der Waals surface area (Å²) in [6.07, 6.45) is 1.46. The van der Waals surface area contributed by atoms with Crippen molar-refractivity contribution in [1.82, 2.24) is 5.32 Å². The fourth-order valence-corrected chi connectivity index (χ4v) is 3.69. The number of ketones is 1. The second-order valence-corrected chi connectivity index (χ2v) is 8.10. The molecule has 1 aromatic heterocycles. The van der Waals surface area contributed by atoms with Crippen molar-refractivity contribution in [2.75, 3.05) is 11.0 Å².